The molecule has 0 radical (unpaired) electrons. The van der Waals surface area contributed by atoms with Gasteiger partial charge in [0.25, 0.3) is 7.82 Å². The molecule has 0 aliphatic rings. The molecule has 39 heavy (non-hydrogen) atoms. The highest BCUT2D eigenvalue weighted by molar-refractivity contribution is 7.45. The quantitative estimate of drug-likeness (QED) is 0.0460. The zero-order valence-corrected chi connectivity index (χ0v) is 27.2. The molecule has 1 N–H and O–H groups in total. The SMILES string of the molecule is CCCCCCCCCCCCCCCCCCCC(=O)NC(OP(=O)([O-])OCC[N+](C)(C)C)C(C)OCC. The van der Waals surface area contributed by atoms with Crippen LogP contribution in [0, 0.1) is 0 Å². The molecule has 0 fully saturated rings. The molecule has 9 heteroatoms. The molecule has 0 rings (SSSR count). The van der Waals surface area contributed by atoms with Crippen LogP contribution in [0.4, 0.5) is 0 Å². The fraction of sp³-hybridized carbons (Fsp3) is 0.967. The third kappa shape index (κ3) is 26.2. The van der Waals surface area contributed by atoms with Crippen LogP contribution in [-0.2, 0) is 23.1 Å². The molecule has 3 unspecified atom stereocenters. The van der Waals surface area contributed by atoms with Crippen LogP contribution < -0.4 is 10.2 Å². The zero-order chi connectivity index (χ0) is 29.4. The van der Waals surface area contributed by atoms with E-state index in [1.807, 2.05) is 21.1 Å². The van der Waals surface area contributed by atoms with E-state index in [1.54, 1.807) is 13.8 Å². The Labute approximate surface area is 241 Å². The minimum Gasteiger partial charge on any atom is -0.756 e. The summed E-state index contributed by atoms with van der Waals surface area (Å²) in [5.74, 6) is -0.237. The van der Waals surface area contributed by atoms with Crippen molar-refractivity contribution in [3.05, 3.63) is 0 Å². The van der Waals surface area contributed by atoms with Crippen LogP contribution in [0.2, 0.25) is 0 Å². The number of quaternary nitrogens is 1. The number of carbonyl (C=O) groups excluding carboxylic acids is 1. The highest BCUT2D eigenvalue weighted by Gasteiger charge is 2.26. The number of rotatable bonds is 28. The van der Waals surface area contributed by atoms with Gasteiger partial charge in [-0.2, -0.15) is 0 Å². The summed E-state index contributed by atoms with van der Waals surface area (Å²) in [5, 5.41) is 2.68. The predicted molar refractivity (Wildman–Crippen MR) is 159 cm³/mol. The molecule has 0 saturated carbocycles. The Morgan fingerprint density at radius 2 is 1.23 bits per heavy atom. The lowest BCUT2D eigenvalue weighted by molar-refractivity contribution is -0.870. The molecule has 0 heterocycles. The van der Waals surface area contributed by atoms with Crippen molar-refractivity contribution in [2.45, 2.75) is 149 Å². The maximum absolute atomic E-state index is 12.5. The highest BCUT2D eigenvalue weighted by Crippen LogP contribution is 2.40. The maximum atomic E-state index is 12.5. The van der Waals surface area contributed by atoms with Crippen molar-refractivity contribution in [2.24, 2.45) is 0 Å². The van der Waals surface area contributed by atoms with Crippen LogP contribution in [0.5, 0.6) is 0 Å². The van der Waals surface area contributed by atoms with E-state index < -0.39 is 20.2 Å². The van der Waals surface area contributed by atoms with E-state index in [9.17, 15) is 14.3 Å². The summed E-state index contributed by atoms with van der Waals surface area (Å²) in [6.07, 6.45) is 20.5. The number of ether oxygens (including phenoxy) is 1. The van der Waals surface area contributed by atoms with E-state index in [0.717, 1.165) is 19.3 Å². The number of phosphoric ester groups is 1. The van der Waals surface area contributed by atoms with E-state index in [-0.39, 0.29) is 12.5 Å². The van der Waals surface area contributed by atoms with Crippen molar-refractivity contribution in [1.82, 2.24) is 5.32 Å². The van der Waals surface area contributed by atoms with E-state index in [0.29, 0.717) is 24.1 Å². The second-order valence-corrected chi connectivity index (χ2v) is 13.3. The number of carbonyl (C=O) groups is 1. The Kier molecular flexibility index (Phi) is 23.8. The predicted octanol–water partition coefficient (Wildman–Crippen LogP) is 7.10. The largest absolute Gasteiger partial charge is 0.756 e. The fourth-order valence-corrected chi connectivity index (χ4v) is 5.29. The first kappa shape index (κ1) is 38.5. The van der Waals surface area contributed by atoms with Gasteiger partial charge < -0.3 is 24.0 Å². The standard InChI is InChI=1S/C30H63N2O6P/c1-7-9-10-11-12-13-14-15-16-17-18-19-20-21-22-23-24-25-29(33)31-30(28(3)36-8-2)38-39(34,35)37-27-26-32(4,5)6/h28,30H,7-27H2,1-6H3,(H-,31,33,34,35). The summed E-state index contributed by atoms with van der Waals surface area (Å²) in [6, 6.07) is 0. The number of likely N-dealkylation sites (N-methyl/N-ethyl adjacent to an activating group) is 1. The Bertz CT molecular complexity index is 629. The lowest BCUT2D eigenvalue weighted by atomic mass is 10.0. The average molecular weight is 579 g/mol. The Morgan fingerprint density at radius 3 is 1.64 bits per heavy atom. The van der Waals surface area contributed by atoms with Crippen LogP contribution in [0.25, 0.3) is 0 Å². The zero-order valence-electron chi connectivity index (χ0n) is 26.3. The number of phosphoric acid groups is 1. The first-order valence-corrected chi connectivity index (χ1v) is 17.3. The van der Waals surface area contributed by atoms with Gasteiger partial charge in [-0.1, -0.05) is 110 Å². The number of hydrogen-bond donors (Lipinski definition) is 1. The summed E-state index contributed by atoms with van der Waals surface area (Å²) in [4.78, 5) is 24.8. The van der Waals surface area contributed by atoms with Gasteiger partial charge in [0.2, 0.25) is 5.91 Å². The van der Waals surface area contributed by atoms with Gasteiger partial charge in [0, 0.05) is 13.0 Å². The molecule has 8 nitrogen and oxygen atoms in total. The third-order valence-electron chi connectivity index (χ3n) is 6.92. The first-order chi connectivity index (χ1) is 18.5. The molecule has 1 amide bonds. The Morgan fingerprint density at radius 1 is 0.795 bits per heavy atom. The number of amides is 1. The van der Waals surface area contributed by atoms with Crippen LogP contribution >= 0.6 is 7.82 Å². The van der Waals surface area contributed by atoms with Crippen molar-refractivity contribution >= 4 is 13.7 Å². The van der Waals surface area contributed by atoms with Gasteiger partial charge in [0.15, 0.2) is 6.23 Å². The molecular weight excluding hydrogens is 515 g/mol. The summed E-state index contributed by atoms with van der Waals surface area (Å²) in [7, 11) is 1.24. The maximum Gasteiger partial charge on any atom is 0.270 e. The Balaban J connectivity index is 3.95. The highest BCUT2D eigenvalue weighted by atomic mass is 31.2. The second kappa shape index (κ2) is 24.1. The number of nitrogens with zero attached hydrogens (tertiary/aromatic N) is 1. The molecular formula is C30H63N2O6P. The van der Waals surface area contributed by atoms with Crippen molar-refractivity contribution < 1.29 is 32.5 Å². The number of nitrogens with one attached hydrogen (secondary N) is 1. The third-order valence-corrected chi connectivity index (χ3v) is 7.90. The van der Waals surface area contributed by atoms with Gasteiger partial charge in [-0.3, -0.25) is 13.9 Å². The molecule has 0 aromatic carbocycles. The van der Waals surface area contributed by atoms with Gasteiger partial charge in [-0.15, -0.1) is 0 Å². The summed E-state index contributed by atoms with van der Waals surface area (Å²) in [5.41, 5.74) is 0. The van der Waals surface area contributed by atoms with Gasteiger partial charge >= 0.3 is 0 Å². The van der Waals surface area contributed by atoms with E-state index in [4.69, 9.17) is 13.8 Å². The van der Waals surface area contributed by atoms with Crippen LogP contribution in [0.3, 0.4) is 0 Å². The topological polar surface area (TPSA) is 96.9 Å². The lowest BCUT2D eigenvalue weighted by Crippen LogP contribution is -2.45. The molecule has 0 aromatic heterocycles. The van der Waals surface area contributed by atoms with Crippen LogP contribution in [0.1, 0.15) is 136 Å². The molecule has 234 valence electrons. The monoisotopic (exact) mass is 578 g/mol. The van der Waals surface area contributed by atoms with Gasteiger partial charge in [0.1, 0.15) is 13.2 Å². The molecule has 0 aliphatic carbocycles. The molecule has 0 spiro atoms. The number of hydrogen-bond acceptors (Lipinski definition) is 6. The van der Waals surface area contributed by atoms with Gasteiger partial charge in [0.05, 0.1) is 27.2 Å². The van der Waals surface area contributed by atoms with E-state index >= 15 is 0 Å². The van der Waals surface area contributed by atoms with Gasteiger partial charge in [-0.05, 0) is 20.3 Å². The fourth-order valence-electron chi connectivity index (χ4n) is 4.42. The molecule has 0 aliphatic heterocycles. The normalized spacial score (nSPS) is 15.2. The van der Waals surface area contributed by atoms with E-state index in [1.165, 1.54) is 89.9 Å². The van der Waals surface area contributed by atoms with Crippen LogP contribution in [0.15, 0.2) is 0 Å². The lowest BCUT2D eigenvalue weighted by Gasteiger charge is -2.32. The molecule has 0 aromatic rings. The molecule has 0 bridgehead atoms. The summed E-state index contributed by atoms with van der Waals surface area (Å²) in [6.45, 7) is 6.64. The Hall–Kier alpha value is -0.500. The van der Waals surface area contributed by atoms with Crippen molar-refractivity contribution in [3.63, 3.8) is 0 Å². The number of unbranched alkanes of at least 4 members (excludes halogenated alkanes) is 16. The minimum atomic E-state index is -4.59. The van der Waals surface area contributed by atoms with Crippen LogP contribution in [-0.4, -0.2) is 63.6 Å². The van der Waals surface area contributed by atoms with Crippen molar-refractivity contribution in [1.29, 1.82) is 0 Å². The smallest absolute Gasteiger partial charge is 0.270 e. The van der Waals surface area contributed by atoms with Crippen molar-refractivity contribution in [3.8, 4) is 0 Å². The minimum absolute atomic E-state index is 0.00716. The average Bonchev–Trinajstić information content (AvgIpc) is 2.84. The molecule has 0 saturated heterocycles. The summed E-state index contributed by atoms with van der Waals surface area (Å²) >= 11 is 0. The van der Waals surface area contributed by atoms with Crippen molar-refractivity contribution in [2.75, 3.05) is 40.9 Å². The second-order valence-electron chi connectivity index (χ2n) is 12.0. The first-order valence-electron chi connectivity index (χ1n) is 15.9. The van der Waals surface area contributed by atoms with E-state index in [2.05, 4.69) is 12.2 Å². The summed E-state index contributed by atoms with van der Waals surface area (Å²) < 4.78 is 28.6. The molecule has 3 atom stereocenters. The van der Waals surface area contributed by atoms with Gasteiger partial charge in [-0.25, -0.2) is 0 Å².